The van der Waals surface area contributed by atoms with Gasteiger partial charge in [-0.2, -0.15) is 0 Å². The first-order valence-electron chi connectivity index (χ1n) is 6.10. The van der Waals surface area contributed by atoms with E-state index in [0.29, 0.717) is 24.4 Å². The van der Waals surface area contributed by atoms with Crippen LogP contribution < -0.4 is 5.73 Å². The number of carbonyl (C=O) groups excluding carboxylic acids is 1. The van der Waals surface area contributed by atoms with Crippen LogP contribution in [0.5, 0.6) is 0 Å². The highest BCUT2D eigenvalue weighted by Gasteiger charge is 2.33. The predicted molar refractivity (Wildman–Crippen MR) is 62.4 cm³/mol. The van der Waals surface area contributed by atoms with Crippen LogP contribution in [0.1, 0.15) is 40.0 Å². The second-order valence-electron chi connectivity index (χ2n) is 4.87. The Balaban J connectivity index is 2.53. The van der Waals surface area contributed by atoms with Crippen molar-refractivity contribution >= 4 is 5.91 Å². The maximum atomic E-state index is 12.1. The number of nitrogens with zero attached hydrogens (tertiary/aromatic N) is 1. The monoisotopic (exact) mass is 212 g/mol. The van der Waals surface area contributed by atoms with E-state index in [1.54, 1.807) is 0 Å². The Morgan fingerprint density at radius 1 is 1.60 bits per heavy atom. The minimum Gasteiger partial charge on any atom is -0.339 e. The van der Waals surface area contributed by atoms with Crippen LogP contribution in [-0.2, 0) is 4.79 Å². The van der Waals surface area contributed by atoms with E-state index in [-0.39, 0.29) is 5.92 Å². The zero-order valence-electron chi connectivity index (χ0n) is 10.2. The molecule has 1 rings (SSSR count). The fourth-order valence-electron chi connectivity index (χ4n) is 2.46. The molecule has 0 aliphatic carbocycles. The van der Waals surface area contributed by atoms with Crippen molar-refractivity contribution in [1.29, 1.82) is 0 Å². The van der Waals surface area contributed by atoms with Crippen LogP contribution in [0.4, 0.5) is 0 Å². The van der Waals surface area contributed by atoms with Crippen molar-refractivity contribution in [2.24, 2.45) is 17.6 Å². The van der Waals surface area contributed by atoms with E-state index >= 15 is 0 Å². The van der Waals surface area contributed by atoms with Gasteiger partial charge in [-0.1, -0.05) is 20.3 Å². The summed E-state index contributed by atoms with van der Waals surface area (Å²) in [6.07, 6.45) is 3.14. The van der Waals surface area contributed by atoms with E-state index in [1.807, 2.05) is 11.8 Å². The summed E-state index contributed by atoms with van der Waals surface area (Å²) in [4.78, 5) is 14.1. The largest absolute Gasteiger partial charge is 0.339 e. The quantitative estimate of drug-likeness (QED) is 0.769. The fourth-order valence-corrected chi connectivity index (χ4v) is 2.46. The summed E-state index contributed by atoms with van der Waals surface area (Å²) in [5, 5.41) is 0. The molecule has 0 bridgehead atoms. The summed E-state index contributed by atoms with van der Waals surface area (Å²) in [5.41, 5.74) is 5.66. The number of likely N-dealkylation sites (tertiary alicyclic amines) is 1. The van der Waals surface area contributed by atoms with Crippen molar-refractivity contribution in [3.8, 4) is 0 Å². The Hall–Kier alpha value is -0.570. The summed E-state index contributed by atoms with van der Waals surface area (Å²) in [6, 6.07) is 0.380. The Morgan fingerprint density at radius 3 is 2.73 bits per heavy atom. The zero-order valence-corrected chi connectivity index (χ0v) is 10.2. The Bertz CT molecular complexity index is 218. The summed E-state index contributed by atoms with van der Waals surface area (Å²) >= 11 is 0. The minimum absolute atomic E-state index is 0.175. The molecule has 88 valence electrons. The molecule has 1 aliphatic rings. The normalized spacial score (nSPS) is 28.1. The molecule has 2 N–H and O–H groups in total. The molecule has 3 nitrogen and oxygen atoms in total. The van der Waals surface area contributed by atoms with Gasteiger partial charge in [0, 0.05) is 18.5 Å². The van der Waals surface area contributed by atoms with Gasteiger partial charge in [-0.25, -0.2) is 0 Å². The van der Waals surface area contributed by atoms with Gasteiger partial charge in [0.2, 0.25) is 5.91 Å². The van der Waals surface area contributed by atoms with Crippen LogP contribution in [0.25, 0.3) is 0 Å². The number of carbonyl (C=O) groups is 1. The molecule has 1 fully saturated rings. The topological polar surface area (TPSA) is 46.3 Å². The third-order valence-electron chi connectivity index (χ3n) is 3.42. The maximum Gasteiger partial charge on any atom is 0.225 e. The number of nitrogens with two attached hydrogens (primary N) is 1. The van der Waals surface area contributed by atoms with Gasteiger partial charge >= 0.3 is 0 Å². The second-order valence-corrected chi connectivity index (χ2v) is 4.87. The Morgan fingerprint density at radius 2 is 2.27 bits per heavy atom. The molecule has 1 aliphatic heterocycles. The molecule has 15 heavy (non-hydrogen) atoms. The van der Waals surface area contributed by atoms with Gasteiger partial charge in [0.15, 0.2) is 0 Å². The van der Waals surface area contributed by atoms with Gasteiger partial charge in [0.25, 0.3) is 0 Å². The molecule has 0 radical (unpaired) electrons. The van der Waals surface area contributed by atoms with Crippen LogP contribution in [0.3, 0.4) is 0 Å². The first kappa shape index (κ1) is 12.5. The van der Waals surface area contributed by atoms with E-state index in [9.17, 15) is 4.79 Å². The van der Waals surface area contributed by atoms with Gasteiger partial charge in [-0.15, -0.1) is 0 Å². The standard InChI is InChI=1S/C12H24N2O/c1-4-5-9(2)12(15)14-8-11(7-13)6-10(14)3/h9-11H,4-8,13H2,1-3H3. The Kier molecular flexibility index (Phi) is 4.58. The first-order chi connectivity index (χ1) is 7.10. The summed E-state index contributed by atoms with van der Waals surface area (Å²) < 4.78 is 0. The molecule has 3 unspecified atom stereocenters. The molecule has 1 amide bonds. The van der Waals surface area contributed by atoms with E-state index in [1.165, 1.54) is 0 Å². The molecule has 1 saturated heterocycles. The van der Waals surface area contributed by atoms with Crippen molar-refractivity contribution in [1.82, 2.24) is 4.90 Å². The smallest absolute Gasteiger partial charge is 0.225 e. The lowest BCUT2D eigenvalue weighted by molar-refractivity contribution is -0.135. The van der Waals surface area contributed by atoms with Crippen LogP contribution in [-0.4, -0.2) is 29.9 Å². The maximum absolute atomic E-state index is 12.1. The van der Waals surface area contributed by atoms with Gasteiger partial charge in [-0.3, -0.25) is 4.79 Å². The van der Waals surface area contributed by atoms with Crippen LogP contribution in [0.15, 0.2) is 0 Å². The molecular weight excluding hydrogens is 188 g/mol. The summed E-state index contributed by atoms with van der Waals surface area (Å²) in [5.74, 6) is 1.01. The van der Waals surface area contributed by atoms with E-state index in [4.69, 9.17) is 5.73 Å². The van der Waals surface area contributed by atoms with Gasteiger partial charge in [0.05, 0.1) is 0 Å². The molecule has 3 atom stereocenters. The SMILES string of the molecule is CCCC(C)C(=O)N1CC(CN)CC1C. The van der Waals surface area contributed by atoms with E-state index < -0.39 is 0 Å². The third-order valence-corrected chi connectivity index (χ3v) is 3.42. The number of hydrogen-bond acceptors (Lipinski definition) is 2. The molecule has 0 saturated carbocycles. The molecular formula is C12H24N2O. The third kappa shape index (κ3) is 2.94. The second kappa shape index (κ2) is 5.50. The highest BCUT2D eigenvalue weighted by Crippen LogP contribution is 2.24. The lowest BCUT2D eigenvalue weighted by Crippen LogP contribution is -2.38. The number of hydrogen-bond donors (Lipinski definition) is 1. The molecule has 3 heteroatoms. The molecule has 0 aromatic heterocycles. The zero-order chi connectivity index (χ0) is 11.4. The summed E-state index contributed by atoms with van der Waals surface area (Å²) in [6.45, 7) is 7.86. The van der Waals surface area contributed by atoms with Crippen LogP contribution in [0.2, 0.25) is 0 Å². The van der Waals surface area contributed by atoms with Crippen molar-refractivity contribution in [3.05, 3.63) is 0 Å². The lowest BCUT2D eigenvalue weighted by atomic mass is 10.0. The minimum atomic E-state index is 0.175. The highest BCUT2D eigenvalue weighted by molar-refractivity contribution is 5.79. The summed E-state index contributed by atoms with van der Waals surface area (Å²) in [7, 11) is 0. The van der Waals surface area contributed by atoms with Crippen molar-refractivity contribution in [2.45, 2.75) is 46.1 Å². The average Bonchev–Trinajstić information content (AvgIpc) is 2.59. The number of rotatable bonds is 4. The van der Waals surface area contributed by atoms with Crippen molar-refractivity contribution in [3.63, 3.8) is 0 Å². The van der Waals surface area contributed by atoms with Crippen molar-refractivity contribution < 1.29 is 4.79 Å². The molecule has 1 heterocycles. The van der Waals surface area contributed by atoms with Gasteiger partial charge in [-0.05, 0) is 32.2 Å². The van der Waals surface area contributed by atoms with Gasteiger partial charge in [0.1, 0.15) is 0 Å². The van der Waals surface area contributed by atoms with Crippen molar-refractivity contribution in [2.75, 3.05) is 13.1 Å². The highest BCUT2D eigenvalue weighted by atomic mass is 16.2. The fraction of sp³-hybridized carbons (Fsp3) is 0.917. The predicted octanol–water partition coefficient (Wildman–Crippen LogP) is 1.62. The molecule has 0 spiro atoms. The molecule has 0 aromatic rings. The Labute approximate surface area is 93.0 Å². The van der Waals surface area contributed by atoms with Crippen LogP contribution in [0, 0.1) is 11.8 Å². The van der Waals surface area contributed by atoms with Gasteiger partial charge < -0.3 is 10.6 Å². The average molecular weight is 212 g/mol. The van der Waals surface area contributed by atoms with E-state index in [2.05, 4.69) is 13.8 Å². The lowest BCUT2D eigenvalue weighted by Gasteiger charge is -2.25. The number of amides is 1. The first-order valence-corrected chi connectivity index (χ1v) is 6.10. The van der Waals surface area contributed by atoms with Crippen LogP contribution >= 0.6 is 0 Å². The molecule has 0 aromatic carbocycles. The van der Waals surface area contributed by atoms with E-state index in [0.717, 1.165) is 25.8 Å².